The second-order valence-electron chi connectivity index (χ2n) is 4.74. The van der Waals surface area contributed by atoms with E-state index in [4.69, 9.17) is 0 Å². The standard InChI is InChI=1S/C11H14BN3/c1-11(2,3)15-8-10-6-4-5-7-14(10)12(15)9-13/h4-8H,1-3H3. The molecule has 0 atom stereocenters. The topological polar surface area (TPSA) is 30.3 Å². The first-order valence-corrected chi connectivity index (χ1v) is 5.07. The fourth-order valence-corrected chi connectivity index (χ4v) is 1.83. The highest BCUT2D eigenvalue weighted by molar-refractivity contribution is 6.63. The third-order valence-corrected chi connectivity index (χ3v) is 2.61. The summed E-state index contributed by atoms with van der Waals surface area (Å²) < 4.78 is 0. The van der Waals surface area contributed by atoms with Crippen molar-refractivity contribution in [2.75, 3.05) is 0 Å². The van der Waals surface area contributed by atoms with Gasteiger partial charge in [-0.15, -0.1) is 0 Å². The second-order valence-corrected chi connectivity index (χ2v) is 4.74. The van der Waals surface area contributed by atoms with Crippen molar-refractivity contribution in [3.63, 3.8) is 0 Å². The maximum Gasteiger partial charge on any atom is 0.500 e. The Morgan fingerprint density at radius 3 is 2.67 bits per heavy atom. The van der Waals surface area contributed by atoms with E-state index in [1.54, 1.807) is 0 Å². The molecule has 0 aromatic heterocycles. The van der Waals surface area contributed by atoms with E-state index in [1.165, 1.54) is 0 Å². The minimum Gasteiger partial charge on any atom is -0.383 e. The van der Waals surface area contributed by atoms with Crippen molar-refractivity contribution in [2.45, 2.75) is 26.3 Å². The van der Waals surface area contributed by atoms with Crippen LogP contribution in [0.5, 0.6) is 0 Å². The Kier molecular flexibility index (Phi) is 2.11. The van der Waals surface area contributed by atoms with Gasteiger partial charge in [0.1, 0.15) is 0 Å². The molecule has 0 aliphatic carbocycles. The van der Waals surface area contributed by atoms with Crippen molar-refractivity contribution in [1.82, 2.24) is 9.62 Å². The van der Waals surface area contributed by atoms with E-state index in [-0.39, 0.29) is 12.5 Å². The van der Waals surface area contributed by atoms with Gasteiger partial charge in [-0.25, -0.2) is 5.26 Å². The molecule has 2 aliphatic heterocycles. The first kappa shape index (κ1) is 9.91. The third-order valence-electron chi connectivity index (χ3n) is 2.61. The van der Waals surface area contributed by atoms with Crippen molar-refractivity contribution in [2.24, 2.45) is 0 Å². The quantitative estimate of drug-likeness (QED) is 0.558. The summed E-state index contributed by atoms with van der Waals surface area (Å²) in [6.07, 6.45) is 9.96. The van der Waals surface area contributed by atoms with Gasteiger partial charge in [0.05, 0.1) is 5.97 Å². The van der Waals surface area contributed by atoms with Gasteiger partial charge in [0, 0.05) is 17.4 Å². The van der Waals surface area contributed by atoms with Crippen LogP contribution in [0.25, 0.3) is 0 Å². The molecule has 3 nitrogen and oxygen atoms in total. The smallest absolute Gasteiger partial charge is 0.383 e. The van der Waals surface area contributed by atoms with Crippen molar-refractivity contribution in [3.8, 4) is 5.97 Å². The van der Waals surface area contributed by atoms with Gasteiger partial charge in [0.15, 0.2) is 0 Å². The largest absolute Gasteiger partial charge is 0.500 e. The molecule has 0 aromatic carbocycles. The first-order valence-electron chi connectivity index (χ1n) is 5.07. The van der Waals surface area contributed by atoms with E-state index in [0.29, 0.717) is 0 Å². The Morgan fingerprint density at radius 2 is 2.07 bits per heavy atom. The van der Waals surface area contributed by atoms with Crippen LogP contribution in [-0.4, -0.2) is 22.1 Å². The lowest BCUT2D eigenvalue weighted by Gasteiger charge is -2.34. The number of fused-ring (bicyclic) bond motifs is 1. The second kappa shape index (κ2) is 3.20. The molecule has 15 heavy (non-hydrogen) atoms. The van der Waals surface area contributed by atoms with E-state index in [1.807, 2.05) is 35.4 Å². The predicted octanol–water partition coefficient (Wildman–Crippen LogP) is 1.88. The number of nitrogens with zero attached hydrogens (tertiary/aromatic N) is 3. The summed E-state index contributed by atoms with van der Waals surface area (Å²) in [4.78, 5) is 4.08. The highest BCUT2D eigenvalue weighted by Gasteiger charge is 2.41. The summed E-state index contributed by atoms with van der Waals surface area (Å²) in [7, 11) is 0. The van der Waals surface area contributed by atoms with Crippen molar-refractivity contribution in [1.29, 1.82) is 5.26 Å². The van der Waals surface area contributed by atoms with Crippen LogP contribution >= 0.6 is 0 Å². The molecular formula is C11H14BN3. The van der Waals surface area contributed by atoms with Crippen LogP contribution in [-0.2, 0) is 0 Å². The Bertz CT molecular complexity index is 395. The summed E-state index contributed by atoms with van der Waals surface area (Å²) in [6.45, 7) is 6.11. The van der Waals surface area contributed by atoms with E-state index < -0.39 is 0 Å². The van der Waals surface area contributed by atoms with Crippen LogP contribution in [0.2, 0.25) is 0 Å². The third kappa shape index (κ3) is 1.54. The molecule has 0 N–H and O–H groups in total. The van der Waals surface area contributed by atoms with Crippen LogP contribution < -0.4 is 0 Å². The van der Waals surface area contributed by atoms with Crippen LogP contribution in [0.1, 0.15) is 20.8 Å². The lowest BCUT2D eigenvalue weighted by atomic mass is 9.72. The highest BCUT2D eigenvalue weighted by atomic mass is 15.3. The number of nitriles is 1. The lowest BCUT2D eigenvalue weighted by Crippen LogP contribution is -2.50. The number of allylic oxidation sites excluding steroid dienone is 3. The summed E-state index contributed by atoms with van der Waals surface area (Å²) in [5.74, 6) is 2.33. The van der Waals surface area contributed by atoms with Gasteiger partial charge in [-0.3, -0.25) is 0 Å². The van der Waals surface area contributed by atoms with Crippen LogP contribution in [0.4, 0.5) is 0 Å². The Hall–Kier alpha value is -1.63. The van der Waals surface area contributed by atoms with Gasteiger partial charge >= 0.3 is 6.98 Å². The molecule has 4 heteroatoms. The number of hydrogen-bond acceptors (Lipinski definition) is 3. The molecule has 0 bridgehead atoms. The summed E-state index contributed by atoms with van der Waals surface area (Å²) in [5, 5.41) is 9.21. The predicted molar refractivity (Wildman–Crippen MR) is 61.2 cm³/mol. The van der Waals surface area contributed by atoms with Crippen LogP contribution in [0.15, 0.2) is 36.3 Å². The number of rotatable bonds is 0. The van der Waals surface area contributed by atoms with Crippen molar-refractivity contribution >= 4 is 6.98 Å². The minimum absolute atomic E-state index is 0.0353. The Balaban J connectivity index is 2.37. The van der Waals surface area contributed by atoms with Crippen LogP contribution in [0, 0.1) is 11.2 Å². The average molecular weight is 199 g/mol. The molecule has 0 saturated heterocycles. The SMILES string of the molecule is CC(C)(C)N1C=C2C=CC=CN2B1C#N. The monoisotopic (exact) mass is 199 g/mol. The zero-order chi connectivity index (χ0) is 11.1. The van der Waals surface area contributed by atoms with E-state index >= 15 is 0 Å². The zero-order valence-corrected chi connectivity index (χ0v) is 9.31. The number of hydrogen-bond donors (Lipinski definition) is 0. The minimum atomic E-state index is -0.221. The fraction of sp³-hybridized carbons (Fsp3) is 0.364. The molecule has 76 valence electrons. The van der Waals surface area contributed by atoms with Gasteiger partial charge in [0.2, 0.25) is 0 Å². The average Bonchev–Trinajstić information content (AvgIpc) is 2.55. The summed E-state index contributed by atoms with van der Waals surface area (Å²) in [6, 6.07) is 0. The van der Waals surface area contributed by atoms with Gasteiger partial charge in [-0.1, -0.05) is 6.08 Å². The summed E-state index contributed by atoms with van der Waals surface area (Å²) >= 11 is 0. The molecule has 0 aromatic rings. The van der Waals surface area contributed by atoms with E-state index in [0.717, 1.165) is 5.70 Å². The van der Waals surface area contributed by atoms with Gasteiger partial charge in [0.25, 0.3) is 0 Å². The van der Waals surface area contributed by atoms with E-state index in [2.05, 4.69) is 31.6 Å². The maximum atomic E-state index is 9.21. The molecule has 2 aliphatic rings. The molecule has 0 radical (unpaired) electrons. The molecule has 0 fully saturated rings. The molecule has 0 spiro atoms. The normalized spacial score (nSPS) is 19.1. The molecule has 0 unspecified atom stereocenters. The van der Waals surface area contributed by atoms with Crippen molar-refractivity contribution in [3.05, 3.63) is 36.3 Å². The summed E-state index contributed by atoms with van der Waals surface area (Å²) in [5.41, 5.74) is 1.05. The molecule has 2 rings (SSSR count). The van der Waals surface area contributed by atoms with Crippen molar-refractivity contribution < 1.29 is 0 Å². The Morgan fingerprint density at radius 1 is 1.33 bits per heavy atom. The van der Waals surface area contributed by atoms with Gasteiger partial charge in [-0.05, 0) is 39.1 Å². The van der Waals surface area contributed by atoms with Gasteiger partial charge < -0.3 is 9.62 Å². The highest BCUT2D eigenvalue weighted by Crippen LogP contribution is 2.29. The Labute approximate surface area is 91.1 Å². The maximum absolute atomic E-state index is 9.21. The van der Waals surface area contributed by atoms with E-state index in [9.17, 15) is 5.26 Å². The molecular weight excluding hydrogens is 185 g/mol. The fourth-order valence-electron chi connectivity index (χ4n) is 1.83. The lowest BCUT2D eigenvalue weighted by molar-refractivity contribution is 0.324. The zero-order valence-electron chi connectivity index (χ0n) is 9.31. The molecule has 0 saturated carbocycles. The first-order chi connectivity index (χ1) is 7.04. The molecule has 0 amide bonds. The van der Waals surface area contributed by atoms with Gasteiger partial charge in [-0.2, -0.15) is 0 Å². The van der Waals surface area contributed by atoms with Crippen LogP contribution in [0.3, 0.4) is 0 Å². The molecule has 2 heterocycles.